The van der Waals surface area contributed by atoms with Crippen molar-refractivity contribution < 1.29 is 27.1 Å². The van der Waals surface area contributed by atoms with Gasteiger partial charge < -0.3 is 15.4 Å². The molecule has 6 nitrogen and oxygen atoms in total. The lowest BCUT2D eigenvalue weighted by molar-refractivity contribution is -0.149. The average molecular weight is 460 g/mol. The minimum absolute atomic E-state index is 0.0787. The summed E-state index contributed by atoms with van der Waals surface area (Å²) in [5.41, 5.74) is 0.941. The van der Waals surface area contributed by atoms with Crippen LogP contribution < -0.4 is 15.4 Å². The number of aromatic nitrogens is 2. The average Bonchev–Trinajstić information content (AvgIpc) is 2.73. The van der Waals surface area contributed by atoms with Crippen LogP contribution in [0, 0.1) is 0 Å². The monoisotopic (exact) mass is 460 g/mol. The number of rotatable bonds is 11. The van der Waals surface area contributed by atoms with E-state index in [4.69, 9.17) is 0 Å². The van der Waals surface area contributed by atoms with Crippen LogP contribution in [0.2, 0.25) is 0 Å². The summed E-state index contributed by atoms with van der Waals surface area (Å²) in [5, 5.41) is 5.94. The maximum atomic E-state index is 13.0. The topological polar surface area (TPSA) is 76.1 Å². The van der Waals surface area contributed by atoms with Crippen LogP contribution in [0.25, 0.3) is 0 Å². The molecule has 1 unspecified atom stereocenters. The fraction of sp³-hybridized carbons (Fsp3) is 0.450. The Balaban J connectivity index is 2.00. The molecule has 1 amide bonds. The van der Waals surface area contributed by atoms with Crippen LogP contribution in [0.5, 0.6) is 5.88 Å². The zero-order valence-electron chi connectivity index (χ0n) is 17.0. The summed E-state index contributed by atoms with van der Waals surface area (Å²) in [4.78, 5) is 20.7. The molecule has 1 atom stereocenters. The van der Waals surface area contributed by atoms with E-state index in [9.17, 15) is 22.4 Å². The van der Waals surface area contributed by atoms with Crippen LogP contribution in [0.15, 0.2) is 35.5 Å². The molecule has 11 heteroatoms. The standard InChI is InChI=1S/C20H24F4N4O2S/c1-3-4-6-25-16-9-13(5-7-26-16)17(29)28-12(2)14-8-15(31)18(27-10-14)30-11-20(23,24)19(21)22/h5,7-10,12,19,31H,3-4,6,11H2,1-2H3,(H,25,26)(H,28,29). The van der Waals surface area contributed by atoms with E-state index in [1.54, 1.807) is 19.1 Å². The molecular formula is C20H24F4N4O2S. The molecule has 0 fully saturated rings. The molecule has 0 spiro atoms. The van der Waals surface area contributed by atoms with Crippen molar-refractivity contribution in [3.63, 3.8) is 0 Å². The van der Waals surface area contributed by atoms with Gasteiger partial charge in [-0.2, -0.15) is 8.78 Å². The van der Waals surface area contributed by atoms with Gasteiger partial charge >= 0.3 is 12.3 Å². The smallest absolute Gasteiger partial charge is 0.340 e. The maximum Gasteiger partial charge on any atom is 0.340 e. The number of carbonyl (C=O) groups is 1. The second-order valence-corrected chi connectivity index (χ2v) is 7.33. The lowest BCUT2D eigenvalue weighted by atomic mass is 10.1. The Kier molecular flexibility index (Phi) is 8.90. The van der Waals surface area contributed by atoms with Crippen molar-refractivity contribution in [1.29, 1.82) is 0 Å². The highest BCUT2D eigenvalue weighted by molar-refractivity contribution is 7.80. The van der Waals surface area contributed by atoms with Crippen molar-refractivity contribution in [2.24, 2.45) is 0 Å². The summed E-state index contributed by atoms with van der Waals surface area (Å²) in [5.74, 6) is -4.35. The van der Waals surface area contributed by atoms with Gasteiger partial charge in [-0.1, -0.05) is 13.3 Å². The molecule has 2 N–H and O–H groups in total. The molecule has 2 aromatic heterocycles. The van der Waals surface area contributed by atoms with Crippen molar-refractivity contribution in [2.75, 3.05) is 18.5 Å². The molecule has 2 heterocycles. The molecule has 0 aliphatic carbocycles. The summed E-state index contributed by atoms with van der Waals surface area (Å²) < 4.78 is 55.2. The Morgan fingerprint density at radius 1 is 1.29 bits per heavy atom. The van der Waals surface area contributed by atoms with E-state index in [1.165, 1.54) is 18.5 Å². The van der Waals surface area contributed by atoms with Crippen LogP contribution in [0.3, 0.4) is 0 Å². The Morgan fingerprint density at radius 2 is 2.03 bits per heavy atom. The normalized spacial score (nSPS) is 12.5. The van der Waals surface area contributed by atoms with Crippen molar-refractivity contribution in [2.45, 2.75) is 50.0 Å². The number of unbranched alkanes of at least 4 members (excludes halogenated alkanes) is 1. The van der Waals surface area contributed by atoms with E-state index >= 15 is 0 Å². The third-order valence-corrected chi connectivity index (χ3v) is 4.60. The minimum Gasteiger partial charge on any atom is -0.470 e. The van der Waals surface area contributed by atoms with Crippen molar-refractivity contribution in [3.8, 4) is 5.88 Å². The largest absolute Gasteiger partial charge is 0.470 e. The van der Waals surface area contributed by atoms with Gasteiger partial charge in [0.05, 0.1) is 10.9 Å². The first kappa shape index (κ1) is 24.7. The molecule has 0 radical (unpaired) electrons. The molecule has 2 aromatic rings. The van der Waals surface area contributed by atoms with Gasteiger partial charge in [0.15, 0.2) is 6.61 Å². The first-order valence-electron chi connectivity index (χ1n) is 9.62. The lowest BCUT2D eigenvalue weighted by Gasteiger charge is -2.18. The lowest BCUT2D eigenvalue weighted by Crippen LogP contribution is -2.34. The van der Waals surface area contributed by atoms with Gasteiger partial charge in [-0.25, -0.2) is 18.7 Å². The van der Waals surface area contributed by atoms with E-state index in [0.29, 0.717) is 16.9 Å². The van der Waals surface area contributed by atoms with Crippen molar-refractivity contribution >= 4 is 24.4 Å². The van der Waals surface area contributed by atoms with Gasteiger partial charge in [-0.3, -0.25) is 4.79 Å². The molecule has 0 aliphatic heterocycles. The summed E-state index contributed by atoms with van der Waals surface area (Å²) >= 11 is 4.11. The number of thiol groups is 1. The summed E-state index contributed by atoms with van der Waals surface area (Å²) in [7, 11) is 0. The predicted molar refractivity (Wildman–Crippen MR) is 111 cm³/mol. The van der Waals surface area contributed by atoms with Gasteiger partial charge in [0.25, 0.3) is 5.91 Å². The van der Waals surface area contributed by atoms with E-state index in [2.05, 4.69) is 44.9 Å². The molecule has 0 aliphatic rings. The van der Waals surface area contributed by atoms with E-state index in [1.807, 2.05) is 0 Å². The number of nitrogens with zero attached hydrogens (tertiary/aromatic N) is 2. The molecule has 0 saturated carbocycles. The number of alkyl halides is 4. The number of nitrogens with one attached hydrogen (secondary N) is 2. The molecule has 0 saturated heterocycles. The quantitative estimate of drug-likeness (QED) is 0.256. The first-order chi connectivity index (χ1) is 14.6. The predicted octanol–water partition coefficient (Wildman–Crippen LogP) is 4.75. The molecular weight excluding hydrogens is 436 g/mol. The highest BCUT2D eigenvalue weighted by Crippen LogP contribution is 2.28. The fourth-order valence-corrected chi connectivity index (χ4v) is 2.73. The summed E-state index contributed by atoms with van der Waals surface area (Å²) in [6, 6.07) is 4.18. The van der Waals surface area contributed by atoms with Gasteiger partial charge in [0.2, 0.25) is 5.88 Å². The molecule has 170 valence electrons. The van der Waals surface area contributed by atoms with Crippen LogP contribution in [0.1, 0.15) is 48.7 Å². The highest BCUT2D eigenvalue weighted by Gasteiger charge is 2.42. The number of anilines is 1. The second-order valence-electron chi connectivity index (χ2n) is 6.85. The Bertz CT molecular complexity index is 886. The minimum atomic E-state index is -4.30. The van der Waals surface area contributed by atoms with Crippen LogP contribution >= 0.6 is 12.6 Å². The van der Waals surface area contributed by atoms with Gasteiger partial charge in [-0.15, -0.1) is 12.6 Å². The Hall–Kier alpha value is -2.56. The van der Waals surface area contributed by atoms with E-state index < -0.39 is 25.0 Å². The first-order valence-corrected chi connectivity index (χ1v) is 10.1. The van der Waals surface area contributed by atoms with Gasteiger partial charge in [-0.05, 0) is 37.1 Å². The summed E-state index contributed by atoms with van der Waals surface area (Å²) in [6.45, 7) is 3.00. The number of pyridine rings is 2. The van der Waals surface area contributed by atoms with Gasteiger partial charge in [0.1, 0.15) is 5.82 Å². The third kappa shape index (κ3) is 7.27. The molecule has 0 bridgehead atoms. The van der Waals surface area contributed by atoms with Gasteiger partial charge in [0, 0.05) is 24.5 Å². The van der Waals surface area contributed by atoms with E-state index in [-0.39, 0.29) is 16.7 Å². The Morgan fingerprint density at radius 3 is 2.68 bits per heavy atom. The maximum absolute atomic E-state index is 13.0. The summed E-state index contributed by atoms with van der Waals surface area (Å²) in [6.07, 6.45) is 0.992. The number of ether oxygens (including phenoxy) is 1. The number of hydrogen-bond donors (Lipinski definition) is 3. The Labute approximate surface area is 183 Å². The SMILES string of the molecule is CCCCNc1cc(C(=O)NC(C)c2cnc(OCC(F)(F)C(F)F)c(S)c2)ccn1. The zero-order valence-corrected chi connectivity index (χ0v) is 17.9. The van der Waals surface area contributed by atoms with Crippen LogP contribution in [0.4, 0.5) is 23.4 Å². The number of amides is 1. The van der Waals surface area contributed by atoms with Crippen LogP contribution in [-0.4, -0.2) is 41.4 Å². The number of hydrogen-bond acceptors (Lipinski definition) is 6. The molecule has 31 heavy (non-hydrogen) atoms. The van der Waals surface area contributed by atoms with E-state index in [0.717, 1.165) is 19.4 Å². The number of halogens is 4. The van der Waals surface area contributed by atoms with Crippen molar-refractivity contribution in [3.05, 3.63) is 41.7 Å². The fourth-order valence-electron chi connectivity index (χ4n) is 2.46. The number of carbonyl (C=O) groups excluding carboxylic acids is 1. The van der Waals surface area contributed by atoms with Crippen LogP contribution in [-0.2, 0) is 0 Å². The second kappa shape index (κ2) is 11.2. The van der Waals surface area contributed by atoms with Crippen molar-refractivity contribution in [1.82, 2.24) is 15.3 Å². The highest BCUT2D eigenvalue weighted by atomic mass is 32.1. The molecule has 2 rings (SSSR count). The molecule has 0 aromatic carbocycles. The zero-order chi connectivity index (χ0) is 23.0. The third-order valence-electron chi connectivity index (χ3n) is 4.28.